The first-order valence-corrected chi connectivity index (χ1v) is 5.90. The van der Waals surface area contributed by atoms with Crippen LogP contribution in [0, 0.1) is 0 Å². The highest BCUT2D eigenvalue weighted by atomic mass is 16.1. The fourth-order valence-electron chi connectivity index (χ4n) is 1.64. The first-order valence-electron chi connectivity index (χ1n) is 5.90. The van der Waals surface area contributed by atoms with Crippen LogP contribution in [0.25, 0.3) is 5.82 Å². The minimum Gasteiger partial charge on any atom is -0.346 e. The zero-order valence-corrected chi connectivity index (χ0v) is 10.4. The molecule has 0 aliphatic carbocycles. The van der Waals surface area contributed by atoms with Gasteiger partial charge >= 0.3 is 0 Å². The highest BCUT2D eigenvalue weighted by Crippen LogP contribution is 2.04. The number of aromatic nitrogens is 6. The molecule has 0 aromatic carbocycles. The molecule has 0 fully saturated rings. The zero-order chi connectivity index (χ0) is 13.8. The van der Waals surface area contributed by atoms with E-state index in [2.05, 4.69) is 30.6 Å². The molecule has 0 saturated carbocycles. The van der Waals surface area contributed by atoms with Crippen LogP contribution >= 0.6 is 0 Å². The lowest BCUT2D eigenvalue weighted by atomic mass is 10.2. The molecule has 0 aliphatic rings. The van der Waals surface area contributed by atoms with E-state index in [9.17, 15) is 4.79 Å². The van der Waals surface area contributed by atoms with Gasteiger partial charge in [0.1, 0.15) is 12.7 Å². The Kier molecular flexibility index (Phi) is 3.19. The third kappa shape index (κ3) is 2.53. The normalized spacial score (nSPS) is 10.4. The molecule has 0 aliphatic heterocycles. The Morgan fingerprint density at radius 1 is 1.35 bits per heavy atom. The quantitative estimate of drug-likeness (QED) is 0.710. The standard InChI is InChI=1S/C12H11N7O/c20-12(15-6-10-3-4-16-18-10)9-1-2-11(14-5-9)19-8-13-7-17-19/h1-5,7-8H,6H2,(H,15,20)(H,16,18). The van der Waals surface area contributed by atoms with E-state index < -0.39 is 0 Å². The monoisotopic (exact) mass is 269 g/mol. The summed E-state index contributed by atoms with van der Waals surface area (Å²) in [5, 5.41) is 13.3. The molecule has 3 heterocycles. The Morgan fingerprint density at radius 2 is 2.30 bits per heavy atom. The minimum atomic E-state index is -0.197. The summed E-state index contributed by atoms with van der Waals surface area (Å²) in [6.45, 7) is 0.393. The van der Waals surface area contributed by atoms with Crippen LogP contribution in [0.15, 0.2) is 43.2 Å². The van der Waals surface area contributed by atoms with Gasteiger partial charge in [0.2, 0.25) is 0 Å². The Morgan fingerprint density at radius 3 is 2.95 bits per heavy atom. The molecule has 0 radical (unpaired) electrons. The largest absolute Gasteiger partial charge is 0.346 e. The number of carbonyl (C=O) groups is 1. The molecule has 100 valence electrons. The van der Waals surface area contributed by atoms with Crippen molar-refractivity contribution in [2.45, 2.75) is 6.54 Å². The molecule has 0 bridgehead atoms. The molecule has 3 aromatic heterocycles. The van der Waals surface area contributed by atoms with Gasteiger partial charge in [-0.3, -0.25) is 9.89 Å². The molecule has 0 atom stereocenters. The van der Waals surface area contributed by atoms with E-state index in [1.54, 1.807) is 30.7 Å². The Labute approximate surface area is 113 Å². The molecule has 0 saturated heterocycles. The molecule has 8 heteroatoms. The van der Waals surface area contributed by atoms with Crippen molar-refractivity contribution in [2.24, 2.45) is 0 Å². The summed E-state index contributed by atoms with van der Waals surface area (Å²) in [7, 11) is 0. The van der Waals surface area contributed by atoms with E-state index in [0.717, 1.165) is 5.69 Å². The topological polar surface area (TPSA) is 101 Å². The van der Waals surface area contributed by atoms with Gasteiger partial charge in [-0.2, -0.15) is 10.2 Å². The number of hydrogen-bond acceptors (Lipinski definition) is 5. The molecule has 8 nitrogen and oxygen atoms in total. The zero-order valence-electron chi connectivity index (χ0n) is 10.4. The molecular formula is C12H11N7O. The van der Waals surface area contributed by atoms with Gasteiger partial charge in [-0.15, -0.1) is 0 Å². The van der Waals surface area contributed by atoms with E-state index in [-0.39, 0.29) is 5.91 Å². The number of carbonyl (C=O) groups excluding carboxylic acids is 1. The van der Waals surface area contributed by atoms with Crippen LogP contribution in [-0.4, -0.2) is 35.9 Å². The van der Waals surface area contributed by atoms with E-state index in [4.69, 9.17) is 0 Å². The van der Waals surface area contributed by atoms with Crippen LogP contribution < -0.4 is 5.32 Å². The Hall–Kier alpha value is -3.03. The second-order valence-electron chi connectivity index (χ2n) is 4.01. The van der Waals surface area contributed by atoms with Crippen LogP contribution in [0.3, 0.4) is 0 Å². The highest BCUT2D eigenvalue weighted by Gasteiger charge is 2.07. The molecule has 20 heavy (non-hydrogen) atoms. The number of amides is 1. The first kappa shape index (κ1) is 12.0. The number of nitrogens with zero attached hydrogens (tertiary/aromatic N) is 5. The van der Waals surface area contributed by atoms with Crippen molar-refractivity contribution in [2.75, 3.05) is 0 Å². The van der Waals surface area contributed by atoms with E-state index in [1.807, 2.05) is 0 Å². The number of rotatable bonds is 4. The smallest absolute Gasteiger partial charge is 0.253 e. The fourth-order valence-corrected chi connectivity index (χ4v) is 1.64. The Balaban J connectivity index is 1.66. The Bertz CT molecular complexity index is 673. The van der Waals surface area contributed by atoms with Crippen molar-refractivity contribution >= 4 is 5.91 Å². The van der Waals surface area contributed by atoms with Crippen LogP contribution in [0.5, 0.6) is 0 Å². The van der Waals surface area contributed by atoms with E-state index in [0.29, 0.717) is 17.9 Å². The highest BCUT2D eigenvalue weighted by molar-refractivity contribution is 5.93. The summed E-state index contributed by atoms with van der Waals surface area (Å²) in [5.74, 6) is 0.407. The van der Waals surface area contributed by atoms with Gasteiger partial charge in [-0.1, -0.05) is 0 Å². The van der Waals surface area contributed by atoms with Crippen LogP contribution in [-0.2, 0) is 6.54 Å². The van der Waals surface area contributed by atoms with Crippen molar-refractivity contribution < 1.29 is 4.79 Å². The van der Waals surface area contributed by atoms with E-state index in [1.165, 1.54) is 17.2 Å². The molecular weight excluding hydrogens is 258 g/mol. The number of H-pyrrole nitrogens is 1. The average molecular weight is 269 g/mol. The number of pyridine rings is 1. The number of aromatic amines is 1. The van der Waals surface area contributed by atoms with Crippen molar-refractivity contribution in [3.05, 3.63) is 54.5 Å². The SMILES string of the molecule is O=C(NCc1ccn[nH]1)c1ccc(-n2cncn2)nc1. The van der Waals surface area contributed by atoms with Gasteiger partial charge in [0.15, 0.2) is 5.82 Å². The molecule has 0 unspecified atom stereocenters. The van der Waals surface area contributed by atoms with Crippen molar-refractivity contribution in [3.63, 3.8) is 0 Å². The summed E-state index contributed by atoms with van der Waals surface area (Å²) in [6, 6.07) is 5.19. The van der Waals surface area contributed by atoms with Crippen LogP contribution in [0.1, 0.15) is 16.1 Å². The maximum absolute atomic E-state index is 11.9. The predicted molar refractivity (Wildman–Crippen MR) is 68.9 cm³/mol. The molecule has 3 aromatic rings. The average Bonchev–Trinajstić information content (AvgIpc) is 3.18. The van der Waals surface area contributed by atoms with Gasteiger partial charge in [-0.05, 0) is 18.2 Å². The molecule has 1 amide bonds. The second-order valence-corrected chi connectivity index (χ2v) is 4.01. The maximum Gasteiger partial charge on any atom is 0.253 e. The van der Waals surface area contributed by atoms with Crippen molar-refractivity contribution in [1.29, 1.82) is 0 Å². The molecule has 2 N–H and O–H groups in total. The lowest BCUT2D eigenvalue weighted by molar-refractivity contribution is 0.0950. The van der Waals surface area contributed by atoms with Crippen molar-refractivity contribution in [3.8, 4) is 5.82 Å². The van der Waals surface area contributed by atoms with Crippen LogP contribution in [0.2, 0.25) is 0 Å². The summed E-state index contributed by atoms with van der Waals surface area (Å²) in [4.78, 5) is 19.9. The van der Waals surface area contributed by atoms with E-state index >= 15 is 0 Å². The lowest BCUT2D eigenvalue weighted by Gasteiger charge is -2.04. The predicted octanol–water partition coefficient (Wildman–Crippen LogP) is 0.315. The second kappa shape index (κ2) is 5.31. The third-order valence-electron chi connectivity index (χ3n) is 2.66. The van der Waals surface area contributed by atoms with Crippen LogP contribution in [0.4, 0.5) is 0 Å². The van der Waals surface area contributed by atoms with Gasteiger partial charge in [0.05, 0.1) is 17.8 Å². The summed E-state index contributed by atoms with van der Waals surface area (Å²) >= 11 is 0. The van der Waals surface area contributed by atoms with Gasteiger partial charge < -0.3 is 5.32 Å². The summed E-state index contributed by atoms with van der Waals surface area (Å²) < 4.78 is 1.52. The van der Waals surface area contributed by atoms with Gasteiger partial charge in [0, 0.05) is 12.4 Å². The molecule has 0 spiro atoms. The number of hydrogen-bond donors (Lipinski definition) is 2. The van der Waals surface area contributed by atoms with Gasteiger partial charge in [-0.25, -0.2) is 14.6 Å². The first-order chi connectivity index (χ1) is 9.83. The summed E-state index contributed by atoms with van der Waals surface area (Å²) in [5.41, 5.74) is 1.32. The lowest BCUT2D eigenvalue weighted by Crippen LogP contribution is -2.23. The maximum atomic E-state index is 11.9. The minimum absolute atomic E-state index is 0.197. The fraction of sp³-hybridized carbons (Fsp3) is 0.0833. The molecule has 3 rings (SSSR count). The third-order valence-corrected chi connectivity index (χ3v) is 2.66. The summed E-state index contributed by atoms with van der Waals surface area (Å²) in [6.07, 6.45) is 6.10. The van der Waals surface area contributed by atoms with Gasteiger partial charge in [0.25, 0.3) is 5.91 Å². The number of nitrogens with one attached hydrogen (secondary N) is 2. The van der Waals surface area contributed by atoms with Crippen molar-refractivity contribution in [1.82, 2.24) is 35.3 Å².